The predicted octanol–water partition coefficient (Wildman–Crippen LogP) is 4.22. The Kier molecular flexibility index (Phi) is 5.49. The standard InChI is InChI=1S/C17H20OS/c1-14(11-18)12-19-13-15-7-9-17(10-8-15)16-5-3-2-4-6-16/h2-10,14,18H,11-13H2,1H3. The van der Waals surface area contributed by atoms with Gasteiger partial charge in [0.1, 0.15) is 0 Å². The van der Waals surface area contributed by atoms with Gasteiger partial charge in [-0.15, -0.1) is 0 Å². The minimum absolute atomic E-state index is 0.278. The van der Waals surface area contributed by atoms with Crippen molar-refractivity contribution in [3.05, 3.63) is 60.2 Å². The Hall–Kier alpha value is -1.25. The van der Waals surface area contributed by atoms with Gasteiger partial charge in [0.05, 0.1) is 0 Å². The van der Waals surface area contributed by atoms with Crippen LogP contribution in [0.1, 0.15) is 12.5 Å². The van der Waals surface area contributed by atoms with Crippen LogP contribution in [0, 0.1) is 5.92 Å². The fraction of sp³-hybridized carbons (Fsp3) is 0.294. The van der Waals surface area contributed by atoms with Crippen molar-refractivity contribution in [1.29, 1.82) is 0 Å². The molecule has 1 unspecified atom stereocenters. The third kappa shape index (κ3) is 4.41. The molecule has 0 fully saturated rings. The lowest BCUT2D eigenvalue weighted by atomic mass is 10.0. The number of thioether (sulfide) groups is 1. The van der Waals surface area contributed by atoms with Crippen LogP contribution >= 0.6 is 11.8 Å². The fourth-order valence-corrected chi connectivity index (χ4v) is 2.91. The first-order valence-electron chi connectivity index (χ1n) is 6.62. The molecule has 0 spiro atoms. The van der Waals surface area contributed by atoms with Gasteiger partial charge in [0, 0.05) is 12.4 Å². The Labute approximate surface area is 119 Å². The second-order valence-electron chi connectivity index (χ2n) is 4.87. The Bertz CT molecular complexity index is 478. The highest BCUT2D eigenvalue weighted by Crippen LogP contribution is 2.21. The molecule has 2 rings (SSSR count). The van der Waals surface area contributed by atoms with Crippen molar-refractivity contribution in [1.82, 2.24) is 0 Å². The second-order valence-corrected chi connectivity index (χ2v) is 5.90. The van der Waals surface area contributed by atoms with Crippen LogP contribution in [0.3, 0.4) is 0 Å². The molecule has 0 saturated carbocycles. The lowest BCUT2D eigenvalue weighted by Crippen LogP contribution is -2.03. The van der Waals surface area contributed by atoms with Crippen LogP contribution in [0.15, 0.2) is 54.6 Å². The summed E-state index contributed by atoms with van der Waals surface area (Å²) >= 11 is 1.88. The first-order chi connectivity index (χ1) is 9.29. The molecule has 0 saturated heterocycles. The van der Waals surface area contributed by atoms with Gasteiger partial charge in [-0.3, -0.25) is 0 Å². The average Bonchev–Trinajstić information content (AvgIpc) is 2.48. The molecule has 1 nitrogen and oxygen atoms in total. The van der Waals surface area contributed by atoms with E-state index in [2.05, 4.69) is 55.5 Å². The molecule has 2 aromatic rings. The second kappa shape index (κ2) is 7.37. The SMILES string of the molecule is CC(CO)CSCc1ccc(-c2ccccc2)cc1. The highest BCUT2D eigenvalue weighted by Gasteiger charge is 2.01. The van der Waals surface area contributed by atoms with Crippen molar-refractivity contribution in [3.8, 4) is 11.1 Å². The number of hydrogen-bond donors (Lipinski definition) is 1. The van der Waals surface area contributed by atoms with Crippen molar-refractivity contribution in [3.63, 3.8) is 0 Å². The van der Waals surface area contributed by atoms with Crippen molar-refractivity contribution < 1.29 is 5.11 Å². The van der Waals surface area contributed by atoms with Gasteiger partial charge >= 0.3 is 0 Å². The number of hydrogen-bond acceptors (Lipinski definition) is 2. The molecule has 0 radical (unpaired) electrons. The summed E-state index contributed by atoms with van der Waals surface area (Å²) < 4.78 is 0. The Morgan fingerprint density at radius 1 is 0.947 bits per heavy atom. The first-order valence-corrected chi connectivity index (χ1v) is 7.78. The maximum atomic E-state index is 8.98. The summed E-state index contributed by atoms with van der Waals surface area (Å²) in [5.41, 5.74) is 3.86. The van der Waals surface area contributed by atoms with Crippen LogP contribution in [0.2, 0.25) is 0 Å². The minimum atomic E-state index is 0.278. The summed E-state index contributed by atoms with van der Waals surface area (Å²) in [4.78, 5) is 0. The van der Waals surface area contributed by atoms with Gasteiger partial charge in [0.15, 0.2) is 0 Å². The molecule has 1 N–H and O–H groups in total. The van der Waals surface area contributed by atoms with E-state index in [0.717, 1.165) is 11.5 Å². The maximum Gasteiger partial charge on any atom is 0.0464 e. The van der Waals surface area contributed by atoms with Crippen LogP contribution in [-0.2, 0) is 5.75 Å². The highest BCUT2D eigenvalue weighted by molar-refractivity contribution is 7.98. The van der Waals surface area contributed by atoms with E-state index in [0.29, 0.717) is 5.92 Å². The topological polar surface area (TPSA) is 20.2 Å². The summed E-state index contributed by atoms with van der Waals surface area (Å²) in [6.07, 6.45) is 0. The van der Waals surface area contributed by atoms with Crippen LogP contribution < -0.4 is 0 Å². The lowest BCUT2D eigenvalue weighted by Gasteiger charge is -2.08. The molecule has 19 heavy (non-hydrogen) atoms. The van der Waals surface area contributed by atoms with Gasteiger partial charge in [-0.2, -0.15) is 11.8 Å². The minimum Gasteiger partial charge on any atom is -0.396 e. The number of aliphatic hydroxyl groups is 1. The molecule has 0 amide bonds. The van der Waals surface area contributed by atoms with E-state index in [-0.39, 0.29) is 6.61 Å². The Morgan fingerprint density at radius 2 is 1.58 bits per heavy atom. The van der Waals surface area contributed by atoms with E-state index in [1.54, 1.807) is 0 Å². The highest BCUT2D eigenvalue weighted by atomic mass is 32.2. The summed E-state index contributed by atoms with van der Waals surface area (Å²) in [5, 5.41) is 8.98. The smallest absolute Gasteiger partial charge is 0.0464 e. The molecule has 1 atom stereocenters. The largest absolute Gasteiger partial charge is 0.396 e. The van der Waals surface area contributed by atoms with Crippen LogP contribution in [-0.4, -0.2) is 17.5 Å². The van der Waals surface area contributed by atoms with Crippen molar-refractivity contribution >= 4 is 11.8 Å². The molecule has 0 heterocycles. The summed E-state index contributed by atoms with van der Waals surface area (Å²) in [6, 6.07) is 19.2. The van der Waals surface area contributed by atoms with Crippen molar-refractivity contribution in [2.45, 2.75) is 12.7 Å². The third-order valence-electron chi connectivity index (χ3n) is 3.04. The Morgan fingerprint density at radius 3 is 2.21 bits per heavy atom. The molecule has 0 aromatic heterocycles. The van der Waals surface area contributed by atoms with Crippen molar-refractivity contribution in [2.75, 3.05) is 12.4 Å². The Balaban J connectivity index is 1.92. The monoisotopic (exact) mass is 272 g/mol. The van der Waals surface area contributed by atoms with Crippen LogP contribution in [0.25, 0.3) is 11.1 Å². The van der Waals surface area contributed by atoms with Gasteiger partial charge in [-0.1, -0.05) is 61.5 Å². The fourth-order valence-electron chi connectivity index (χ4n) is 1.85. The van der Waals surface area contributed by atoms with Gasteiger partial charge in [-0.05, 0) is 28.4 Å². The molecule has 2 heteroatoms. The zero-order chi connectivity index (χ0) is 13.5. The number of aliphatic hydroxyl groups excluding tert-OH is 1. The van der Waals surface area contributed by atoms with E-state index in [4.69, 9.17) is 5.11 Å². The molecule has 100 valence electrons. The van der Waals surface area contributed by atoms with Crippen LogP contribution in [0.4, 0.5) is 0 Å². The quantitative estimate of drug-likeness (QED) is 0.850. The van der Waals surface area contributed by atoms with E-state index in [1.165, 1.54) is 16.7 Å². The molecule has 0 aliphatic carbocycles. The zero-order valence-corrected chi connectivity index (χ0v) is 12.1. The van der Waals surface area contributed by atoms with Gasteiger partial charge in [-0.25, -0.2) is 0 Å². The molecular formula is C17H20OS. The predicted molar refractivity (Wildman–Crippen MR) is 84.3 cm³/mol. The maximum absolute atomic E-state index is 8.98. The molecule has 0 aliphatic rings. The first kappa shape index (κ1) is 14.2. The van der Waals surface area contributed by atoms with Gasteiger partial charge in [0.25, 0.3) is 0 Å². The normalized spacial score (nSPS) is 12.3. The third-order valence-corrected chi connectivity index (χ3v) is 4.39. The van der Waals surface area contributed by atoms with Crippen molar-refractivity contribution in [2.24, 2.45) is 5.92 Å². The number of benzene rings is 2. The zero-order valence-electron chi connectivity index (χ0n) is 11.3. The molecular weight excluding hydrogens is 252 g/mol. The molecule has 0 aliphatic heterocycles. The van der Waals surface area contributed by atoms with E-state index >= 15 is 0 Å². The molecule has 0 bridgehead atoms. The summed E-state index contributed by atoms with van der Waals surface area (Å²) in [7, 11) is 0. The summed E-state index contributed by atoms with van der Waals surface area (Å²) in [6.45, 7) is 2.35. The van der Waals surface area contributed by atoms with Gasteiger partial charge in [0.2, 0.25) is 0 Å². The molecule has 2 aromatic carbocycles. The summed E-state index contributed by atoms with van der Waals surface area (Å²) in [5.74, 6) is 2.41. The van der Waals surface area contributed by atoms with E-state index in [1.807, 2.05) is 17.8 Å². The number of rotatable bonds is 6. The lowest BCUT2D eigenvalue weighted by molar-refractivity contribution is 0.250. The van der Waals surface area contributed by atoms with E-state index < -0.39 is 0 Å². The van der Waals surface area contributed by atoms with Gasteiger partial charge < -0.3 is 5.11 Å². The van der Waals surface area contributed by atoms with Crippen LogP contribution in [0.5, 0.6) is 0 Å². The van der Waals surface area contributed by atoms with E-state index in [9.17, 15) is 0 Å². The average molecular weight is 272 g/mol.